The van der Waals surface area contributed by atoms with Gasteiger partial charge in [-0.1, -0.05) is 18.1 Å². The summed E-state index contributed by atoms with van der Waals surface area (Å²) in [4.78, 5) is 27.6. The Morgan fingerprint density at radius 1 is 1.17 bits per heavy atom. The fourth-order valence-corrected chi connectivity index (χ4v) is 7.94. The number of fused-ring (bicyclic) bond motifs is 3. The van der Waals surface area contributed by atoms with E-state index in [1.807, 2.05) is 0 Å². The number of benzene rings is 1. The molecule has 2 atom stereocenters. The summed E-state index contributed by atoms with van der Waals surface area (Å²) in [6.07, 6.45) is -3.52. The third kappa shape index (κ3) is 6.23. The molecule has 7 rings (SSSR count). The maximum Gasteiger partial charge on any atom is 0.418 e. The van der Waals surface area contributed by atoms with Crippen molar-refractivity contribution in [3.8, 4) is 17.9 Å². The van der Waals surface area contributed by atoms with E-state index < -0.39 is 52.2 Å². The molecule has 3 aromatic rings. The molecule has 0 saturated carbocycles. The van der Waals surface area contributed by atoms with Gasteiger partial charge in [-0.05, 0) is 45.2 Å². The monoisotopic (exact) mass is 726 g/mol. The number of nitrogens with two attached hydrogens (primary N) is 1. The van der Waals surface area contributed by atoms with Crippen LogP contribution in [0, 0.1) is 23.5 Å². The van der Waals surface area contributed by atoms with Crippen molar-refractivity contribution in [2.45, 2.75) is 76.5 Å². The van der Waals surface area contributed by atoms with E-state index >= 15 is 8.78 Å². The second kappa shape index (κ2) is 13.3. The maximum absolute atomic E-state index is 15.8. The lowest BCUT2D eigenvalue weighted by Crippen LogP contribution is -2.43. The summed E-state index contributed by atoms with van der Waals surface area (Å²) in [6.45, 7) is 7.90. The first-order valence-corrected chi connectivity index (χ1v) is 17.1. The van der Waals surface area contributed by atoms with E-state index in [0.29, 0.717) is 36.6 Å². The van der Waals surface area contributed by atoms with Gasteiger partial charge in [0.15, 0.2) is 17.3 Å². The summed E-state index contributed by atoms with van der Waals surface area (Å²) in [5, 5.41) is 4.26. The fraction of sp³-hybridized carbons (Fsp3) is 0.500. The summed E-state index contributed by atoms with van der Waals surface area (Å²) >= 11 is 0. The molecule has 2 fully saturated rings. The van der Waals surface area contributed by atoms with Gasteiger partial charge in [0.1, 0.15) is 12.4 Å². The number of alkyl halides is 3. The molecule has 2 saturated heterocycles. The van der Waals surface area contributed by atoms with E-state index in [1.165, 1.54) is 30.6 Å². The molecule has 1 aromatic carbocycles. The van der Waals surface area contributed by atoms with Crippen LogP contribution in [0.4, 0.5) is 33.5 Å². The van der Waals surface area contributed by atoms with Crippen LogP contribution >= 0.6 is 0 Å². The molecule has 2 N–H and O–H groups in total. The van der Waals surface area contributed by atoms with Gasteiger partial charge >= 0.3 is 12.2 Å². The molecule has 1 amide bonds. The summed E-state index contributed by atoms with van der Waals surface area (Å²) in [6, 6.07) is 0.863. The molecular formula is C36H39F5N8O3. The zero-order valence-corrected chi connectivity index (χ0v) is 29.2. The zero-order valence-electron chi connectivity index (χ0n) is 29.2. The van der Waals surface area contributed by atoms with Gasteiger partial charge in [-0.3, -0.25) is 14.4 Å². The molecule has 0 bridgehead atoms. The fourth-order valence-electron chi connectivity index (χ4n) is 7.94. The predicted molar refractivity (Wildman–Crippen MR) is 180 cm³/mol. The SMILES string of the molecule is C=C1CN2CCCC2(COc2nc3c(c(N4CCCn5nc(C(=O)N(C)C)c(F)c5C4)n2)COC(c2c(F)c(N)cc(C#CC)c2C(F)(F)F)C3)C1. The van der Waals surface area contributed by atoms with Gasteiger partial charge in [0.25, 0.3) is 5.91 Å². The third-order valence-corrected chi connectivity index (χ3v) is 10.3. The molecule has 4 aliphatic rings. The minimum atomic E-state index is -4.97. The van der Waals surface area contributed by atoms with Gasteiger partial charge in [0, 0.05) is 56.8 Å². The van der Waals surface area contributed by atoms with Crippen molar-refractivity contribution in [2.24, 2.45) is 0 Å². The molecule has 2 unspecified atom stereocenters. The van der Waals surface area contributed by atoms with Gasteiger partial charge in [0.05, 0.1) is 47.4 Å². The number of ether oxygens (including phenoxy) is 2. The Hall–Kier alpha value is -4.75. The quantitative estimate of drug-likeness (QED) is 0.162. The highest BCUT2D eigenvalue weighted by atomic mass is 19.4. The molecule has 276 valence electrons. The molecule has 16 heteroatoms. The van der Waals surface area contributed by atoms with Gasteiger partial charge in [0.2, 0.25) is 0 Å². The topological polar surface area (TPSA) is 115 Å². The normalized spacial score (nSPS) is 21.6. The average molecular weight is 727 g/mol. The van der Waals surface area contributed by atoms with E-state index in [0.717, 1.165) is 44.0 Å². The molecule has 11 nitrogen and oxygen atoms in total. The average Bonchev–Trinajstić information content (AvgIpc) is 3.66. The number of amides is 1. The molecule has 0 radical (unpaired) electrons. The molecule has 0 aliphatic carbocycles. The first-order valence-electron chi connectivity index (χ1n) is 17.1. The highest BCUT2D eigenvalue weighted by Crippen LogP contribution is 2.45. The molecule has 0 spiro atoms. The second-order valence-corrected chi connectivity index (χ2v) is 14.0. The maximum atomic E-state index is 15.8. The molecular weight excluding hydrogens is 687 g/mol. The van der Waals surface area contributed by atoms with Crippen molar-refractivity contribution >= 4 is 17.4 Å². The standard InChI is InChI=1S/C36H39F5N8O3/c1-5-8-21-13-23(42)29(37)27(28(21)36(39,40)41)26-14-24-22(18-51-26)32(44-34(43-24)52-19-35-9-6-11-48(35)16-20(2)15-35)47-10-7-12-49-25(17-47)30(38)31(45-49)33(50)46(3)4/h13,26H,2,6-7,9-12,14-19,42H2,1,3-4H3. The molecule has 4 aliphatic heterocycles. The minimum absolute atomic E-state index is 0.0172. The number of carbonyl (C=O) groups is 1. The van der Waals surface area contributed by atoms with E-state index in [-0.39, 0.29) is 49.1 Å². The lowest BCUT2D eigenvalue weighted by atomic mass is 9.91. The Bertz CT molecular complexity index is 2020. The number of hydrogen-bond donors (Lipinski definition) is 1. The van der Waals surface area contributed by atoms with Crippen molar-refractivity contribution in [1.82, 2.24) is 29.5 Å². The number of rotatable bonds is 6. The number of anilines is 2. The zero-order chi connectivity index (χ0) is 37.1. The Morgan fingerprint density at radius 2 is 1.96 bits per heavy atom. The van der Waals surface area contributed by atoms with Crippen LogP contribution in [0.15, 0.2) is 18.2 Å². The van der Waals surface area contributed by atoms with E-state index in [4.69, 9.17) is 20.2 Å². The van der Waals surface area contributed by atoms with E-state index in [9.17, 15) is 18.0 Å². The van der Waals surface area contributed by atoms with Crippen molar-refractivity contribution in [1.29, 1.82) is 0 Å². The van der Waals surface area contributed by atoms with Crippen LogP contribution in [-0.4, -0.2) is 81.3 Å². The van der Waals surface area contributed by atoms with Crippen molar-refractivity contribution < 1.29 is 36.2 Å². The van der Waals surface area contributed by atoms with Gasteiger partial charge in [-0.2, -0.15) is 28.2 Å². The molecule has 6 heterocycles. The summed E-state index contributed by atoms with van der Waals surface area (Å²) < 4.78 is 89.1. The van der Waals surface area contributed by atoms with Crippen LogP contribution in [0.5, 0.6) is 6.01 Å². The van der Waals surface area contributed by atoms with Crippen molar-refractivity contribution in [2.75, 3.05) is 51.0 Å². The Balaban J connectivity index is 1.30. The van der Waals surface area contributed by atoms with Crippen LogP contribution < -0.4 is 15.4 Å². The van der Waals surface area contributed by atoms with Crippen molar-refractivity contribution in [3.05, 3.63) is 69.2 Å². The third-order valence-electron chi connectivity index (χ3n) is 10.3. The largest absolute Gasteiger partial charge is 0.461 e. The Labute approximate surface area is 297 Å². The Kier molecular flexibility index (Phi) is 9.15. The van der Waals surface area contributed by atoms with Gasteiger partial charge in [-0.15, -0.1) is 5.92 Å². The summed E-state index contributed by atoms with van der Waals surface area (Å²) in [5.41, 5.74) is 4.37. The lowest BCUT2D eigenvalue weighted by molar-refractivity contribution is -0.140. The lowest BCUT2D eigenvalue weighted by Gasteiger charge is -2.33. The summed E-state index contributed by atoms with van der Waals surface area (Å²) in [7, 11) is 3.02. The van der Waals surface area contributed by atoms with Crippen LogP contribution in [0.3, 0.4) is 0 Å². The number of nitrogens with zero attached hydrogens (tertiary/aromatic N) is 7. The smallest absolute Gasteiger partial charge is 0.418 e. The van der Waals surface area contributed by atoms with Crippen LogP contribution in [0.25, 0.3) is 0 Å². The highest BCUT2D eigenvalue weighted by molar-refractivity contribution is 5.92. The van der Waals surface area contributed by atoms with Crippen LogP contribution in [0.2, 0.25) is 0 Å². The second-order valence-electron chi connectivity index (χ2n) is 14.0. The number of carbonyl (C=O) groups excluding carboxylic acids is 1. The van der Waals surface area contributed by atoms with Crippen LogP contribution in [0.1, 0.15) is 82.8 Å². The van der Waals surface area contributed by atoms with Gasteiger partial charge < -0.3 is 25.0 Å². The van der Waals surface area contributed by atoms with Gasteiger partial charge in [-0.25, -0.2) is 8.78 Å². The number of aryl methyl sites for hydroxylation is 1. The predicted octanol–water partition coefficient (Wildman–Crippen LogP) is 5.02. The number of halogens is 5. The molecule has 2 aromatic heterocycles. The molecule has 52 heavy (non-hydrogen) atoms. The number of aromatic nitrogens is 4. The first kappa shape index (κ1) is 35.6. The Morgan fingerprint density at radius 3 is 2.69 bits per heavy atom. The van der Waals surface area contributed by atoms with Crippen molar-refractivity contribution in [3.63, 3.8) is 0 Å². The van der Waals surface area contributed by atoms with Crippen LogP contribution in [-0.2, 0) is 37.0 Å². The summed E-state index contributed by atoms with van der Waals surface area (Å²) in [5.74, 6) is 2.64. The number of nitrogen functional groups attached to an aromatic ring is 1. The van der Waals surface area contributed by atoms with E-state index in [1.54, 1.807) is 4.90 Å². The first-order chi connectivity index (χ1) is 24.7. The highest BCUT2D eigenvalue weighted by Gasteiger charge is 2.47. The number of hydrogen-bond acceptors (Lipinski definition) is 9. The van der Waals surface area contributed by atoms with E-state index in [2.05, 4.69) is 33.4 Å². The minimum Gasteiger partial charge on any atom is -0.461 e.